The standard InChI is InChI=1S/C7H14F3NO2S/c1-2-5-11-14(12,13)6-3-4-7(8,9)10/h11H,2-6H2,1H3. The molecule has 0 aliphatic heterocycles. The molecule has 0 heterocycles. The summed E-state index contributed by atoms with van der Waals surface area (Å²) in [4.78, 5) is 0. The molecule has 0 aromatic rings. The summed E-state index contributed by atoms with van der Waals surface area (Å²) < 4.78 is 59.2. The molecule has 0 rings (SSSR count). The van der Waals surface area contributed by atoms with Crippen LogP contribution in [0.4, 0.5) is 13.2 Å². The molecule has 1 N–H and O–H groups in total. The number of nitrogens with one attached hydrogen (secondary N) is 1. The van der Waals surface area contributed by atoms with Crippen molar-refractivity contribution in [2.24, 2.45) is 0 Å². The lowest BCUT2D eigenvalue weighted by Gasteiger charge is -2.07. The minimum absolute atomic E-state index is 0.272. The molecule has 0 aliphatic carbocycles. The summed E-state index contributed by atoms with van der Waals surface area (Å²) in [6, 6.07) is 0. The van der Waals surface area contributed by atoms with Gasteiger partial charge in [0.1, 0.15) is 0 Å². The predicted octanol–water partition coefficient (Wildman–Crippen LogP) is 1.66. The first-order chi connectivity index (χ1) is 6.27. The Morgan fingerprint density at radius 1 is 1.29 bits per heavy atom. The minimum atomic E-state index is -4.28. The molecule has 0 atom stereocenters. The first-order valence-corrected chi connectivity index (χ1v) is 5.96. The van der Waals surface area contributed by atoms with E-state index in [9.17, 15) is 21.6 Å². The van der Waals surface area contributed by atoms with Gasteiger partial charge in [-0.15, -0.1) is 0 Å². The van der Waals surface area contributed by atoms with Gasteiger partial charge in [-0.25, -0.2) is 13.1 Å². The van der Waals surface area contributed by atoms with E-state index in [1.54, 1.807) is 6.92 Å². The fraction of sp³-hybridized carbons (Fsp3) is 1.00. The van der Waals surface area contributed by atoms with E-state index >= 15 is 0 Å². The first kappa shape index (κ1) is 13.7. The van der Waals surface area contributed by atoms with Gasteiger partial charge in [-0.05, 0) is 12.8 Å². The Labute approximate surface area is 81.7 Å². The topological polar surface area (TPSA) is 46.2 Å². The van der Waals surface area contributed by atoms with Gasteiger partial charge in [0, 0.05) is 13.0 Å². The number of rotatable bonds is 6. The second kappa shape index (κ2) is 5.55. The maximum absolute atomic E-state index is 11.7. The third kappa shape index (κ3) is 8.31. The maximum atomic E-state index is 11.7. The highest BCUT2D eigenvalue weighted by atomic mass is 32.2. The fourth-order valence-corrected chi connectivity index (χ4v) is 1.98. The Kier molecular flexibility index (Phi) is 5.43. The second-order valence-electron chi connectivity index (χ2n) is 2.93. The van der Waals surface area contributed by atoms with E-state index in [0.29, 0.717) is 6.42 Å². The van der Waals surface area contributed by atoms with E-state index in [0.717, 1.165) is 0 Å². The van der Waals surface area contributed by atoms with Crippen molar-refractivity contribution in [1.29, 1.82) is 0 Å². The zero-order valence-electron chi connectivity index (χ0n) is 7.89. The lowest BCUT2D eigenvalue weighted by Crippen LogP contribution is -2.27. The summed E-state index contributed by atoms with van der Waals surface area (Å²) in [7, 11) is -3.52. The zero-order valence-corrected chi connectivity index (χ0v) is 8.71. The predicted molar refractivity (Wildman–Crippen MR) is 47.4 cm³/mol. The largest absolute Gasteiger partial charge is 0.389 e. The van der Waals surface area contributed by atoms with Gasteiger partial charge < -0.3 is 0 Å². The Bertz CT molecular complexity index is 248. The van der Waals surface area contributed by atoms with Gasteiger partial charge in [-0.2, -0.15) is 13.2 Å². The molecule has 0 spiro atoms. The Morgan fingerprint density at radius 3 is 2.29 bits per heavy atom. The van der Waals surface area contributed by atoms with Crippen molar-refractivity contribution in [2.75, 3.05) is 12.3 Å². The summed E-state index contributed by atoms with van der Waals surface area (Å²) in [5.74, 6) is -0.466. The smallest absolute Gasteiger partial charge is 0.215 e. The molecule has 0 fully saturated rings. The van der Waals surface area contributed by atoms with Gasteiger partial charge in [-0.1, -0.05) is 6.92 Å². The summed E-state index contributed by atoms with van der Waals surface area (Å²) in [5, 5.41) is 0. The van der Waals surface area contributed by atoms with E-state index in [-0.39, 0.29) is 13.0 Å². The Balaban J connectivity index is 3.78. The van der Waals surface area contributed by atoms with E-state index in [4.69, 9.17) is 0 Å². The molecule has 0 aliphatic rings. The van der Waals surface area contributed by atoms with Crippen LogP contribution in [0, 0.1) is 0 Å². The minimum Gasteiger partial charge on any atom is -0.215 e. The molecule has 0 saturated carbocycles. The van der Waals surface area contributed by atoms with Crippen molar-refractivity contribution in [1.82, 2.24) is 4.72 Å². The van der Waals surface area contributed by atoms with Crippen LogP contribution in [0.25, 0.3) is 0 Å². The van der Waals surface area contributed by atoms with Crippen molar-refractivity contribution in [3.63, 3.8) is 0 Å². The molecule has 7 heteroatoms. The van der Waals surface area contributed by atoms with Gasteiger partial charge in [0.25, 0.3) is 0 Å². The summed E-state index contributed by atoms with van der Waals surface area (Å²) >= 11 is 0. The molecule has 0 saturated heterocycles. The van der Waals surface area contributed by atoms with Crippen LogP contribution in [0.3, 0.4) is 0 Å². The van der Waals surface area contributed by atoms with Crippen LogP contribution in [0.5, 0.6) is 0 Å². The first-order valence-electron chi connectivity index (χ1n) is 4.31. The Hall–Kier alpha value is -0.300. The number of hydrogen-bond acceptors (Lipinski definition) is 2. The molecule has 0 radical (unpaired) electrons. The van der Waals surface area contributed by atoms with Gasteiger partial charge in [0.05, 0.1) is 5.75 Å². The van der Waals surface area contributed by atoms with Crippen molar-refractivity contribution in [2.45, 2.75) is 32.4 Å². The SMILES string of the molecule is CCCNS(=O)(=O)CCCC(F)(F)F. The van der Waals surface area contributed by atoms with E-state index < -0.39 is 28.4 Å². The van der Waals surface area contributed by atoms with Crippen LogP contribution in [-0.2, 0) is 10.0 Å². The molecule has 0 bridgehead atoms. The van der Waals surface area contributed by atoms with Crippen molar-refractivity contribution >= 4 is 10.0 Å². The zero-order chi connectivity index (χ0) is 11.2. The van der Waals surface area contributed by atoms with Crippen LogP contribution in [-0.4, -0.2) is 26.9 Å². The summed E-state index contributed by atoms with van der Waals surface area (Å²) in [6.07, 6.45) is -5.10. The monoisotopic (exact) mass is 233 g/mol. The highest BCUT2D eigenvalue weighted by molar-refractivity contribution is 7.89. The average Bonchev–Trinajstić information content (AvgIpc) is 1.98. The van der Waals surface area contributed by atoms with E-state index in [1.807, 2.05) is 0 Å². The molecule has 86 valence electrons. The quantitative estimate of drug-likeness (QED) is 0.758. The number of halogens is 3. The number of sulfonamides is 1. The third-order valence-corrected chi connectivity index (χ3v) is 2.92. The van der Waals surface area contributed by atoms with Gasteiger partial charge in [0.15, 0.2) is 0 Å². The number of alkyl halides is 3. The normalized spacial score (nSPS) is 13.1. The third-order valence-electron chi connectivity index (χ3n) is 1.45. The lowest BCUT2D eigenvalue weighted by molar-refractivity contribution is -0.134. The van der Waals surface area contributed by atoms with Gasteiger partial charge in [-0.3, -0.25) is 0 Å². The van der Waals surface area contributed by atoms with Crippen LogP contribution in [0.2, 0.25) is 0 Å². The van der Waals surface area contributed by atoms with Crippen LogP contribution < -0.4 is 4.72 Å². The maximum Gasteiger partial charge on any atom is 0.389 e. The summed E-state index contributed by atoms with van der Waals surface area (Å²) in [6.45, 7) is 2.05. The molecule has 0 aromatic heterocycles. The molecular weight excluding hydrogens is 219 g/mol. The summed E-state index contributed by atoms with van der Waals surface area (Å²) in [5.41, 5.74) is 0. The Morgan fingerprint density at radius 2 is 1.86 bits per heavy atom. The van der Waals surface area contributed by atoms with E-state index in [1.165, 1.54) is 0 Å². The van der Waals surface area contributed by atoms with Crippen molar-refractivity contribution < 1.29 is 21.6 Å². The van der Waals surface area contributed by atoms with Crippen molar-refractivity contribution in [3.8, 4) is 0 Å². The lowest BCUT2D eigenvalue weighted by atomic mass is 10.3. The second-order valence-corrected chi connectivity index (χ2v) is 4.86. The van der Waals surface area contributed by atoms with Gasteiger partial charge in [0.2, 0.25) is 10.0 Å². The molecule has 3 nitrogen and oxygen atoms in total. The highest BCUT2D eigenvalue weighted by Crippen LogP contribution is 2.21. The van der Waals surface area contributed by atoms with Crippen LogP contribution in [0.15, 0.2) is 0 Å². The number of hydrogen-bond donors (Lipinski definition) is 1. The van der Waals surface area contributed by atoms with Crippen LogP contribution >= 0.6 is 0 Å². The highest BCUT2D eigenvalue weighted by Gasteiger charge is 2.27. The molecule has 0 unspecified atom stereocenters. The molecular formula is C7H14F3NO2S. The van der Waals surface area contributed by atoms with Gasteiger partial charge >= 0.3 is 6.18 Å². The van der Waals surface area contributed by atoms with Crippen molar-refractivity contribution in [3.05, 3.63) is 0 Å². The molecule has 0 aromatic carbocycles. The molecule has 14 heavy (non-hydrogen) atoms. The average molecular weight is 233 g/mol. The van der Waals surface area contributed by atoms with Crippen LogP contribution in [0.1, 0.15) is 26.2 Å². The molecule has 0 amide bonds. The fourth-order valence-electron chi connectivity index (χ4n) is 0.792. The van der Waals surface area contributed by atoms with E-state index in [2.05, 4.69) is 4.72 Å².